The molecule has 1 N–H and O–H groups in total. The molecule has 1 aromatic heterocycles. The molecule has 0 fully saturated rings. The van der Waals surface area contributed by atoms with Gasteiger partial charge in [-0.2, -0.15) is 0 Å². The molecule has 0 saturated heterocycles. The molecule has 116 valence electrons. The van der Waals surface area contributed by atoms with E-state index in [4.69, 9.17) is 0 Å². The van der Waals surface area contributed by atoms with Crippen LogP contribution in [0.5, 0.6) is 0 Å². The predicted molar refractivity (Wildman–Crippen MR) is 91.0 cm³/mol. The molecule has 0 saturated carbocycles. The van der Waals surface area contributed by atoms with E-state index in [0.29, 0.717) is 11.7 Å². The highest BCUT2D eigenvalue weighted by molar-refractivity contribution is 5.94. The van der Waals surface area contributed by atoms with Gasteiger partial charge in [-0.05, 0) is 55.0 Å². The van der Waals surface area contributed by atoms with E-state index >= 15 is 0 Å². The van der Waals surface area contributed by atoms with E-state index in [9.17, 15) is 4.79 Å². The van der Waals surface area contributed by atoms with Crippen LogP contribution in [0.25, 0.3) is 0 Å². The molecule has 0 spiro atoms. The van der Waals surface area contributed by atoms with Crippen molar-refractivity contribution in [1.29, 1.82) is 0 Å². The third kappa shape index (κ3) is 4.42. The summed E-state index contributed by atoms with van der Waals surface area (Å²) in [4.78, 5) is 16.5. The number of nitrogens with one attached hydrogen (secondary N) is 1. The number of carbonyl (C=O) groups excluding carboxylic acids is 1. The minimum Gasteiger partial charge on any atom is -0.310 e. The molecular weight excluding hydrogens is 272 g/mol. The molecule has 2 rings (SSSR count). The van der Waals surface area contributed by atoms with Crippen molar-refractivity contribution in [2.75, 3.05) is 5.32 Å². The number of carbonyl (C=O) groups is 1. The van der Waals surface area contributed by atoms with E-state index < -0.39 is 0 Å². The summed E-state index contributed by atoms with van der Waals surface area (Å²) in [6.07, 6.45) is 2.77. The first kappa shape index (κ1) is 16.2. The van der Waals surface area contributed by atoms with E-state index in [0.717, 1.165) is 17.5 Å². The predicted octanol–water partition coefficient (Wildman–Crippen LogP) is 4.33. The fraction of sp³-hybridized carbons (Fsp3) is 0.368. The van der Waals surface area contributed by atoms with Gasteiger partial charge in [0.25, 0.3) is 0 Å². The summed E-state index contributed by atoms with van der Waals surface area (Å²) in [5.41, 5.74) is 3.42. The number of hydrogen-bond acceptors (Lipinski definition) is 2. The lowest BCUT2D eigenvalue weighted by Crippen LogP contribution is -2.19. The van der Waals surface area contributed by atoms with Crippen molar-refractivity contribution in [3.63, 3.8) is 0 Å². The van der Waals surface area contributed by atoms with Crippen LogP contribution < -0.4 is 5.32 Å². The normalized spacial score (nSPS) is 12.2. The number of aryl methyl sites for hydroxylation is 1. The largest absolute Gasteiger partial charge is 0.310 e. The molecule has 3 heteroatoms. The first-order chi connectivity index (χ1) is 10.5. The van der Waals surface area contributed by atoms with Crippen molar-refractivity contribution in [2.45, 2.75) is 40.0 Å². The molecule has 0 aliphatic rings. The average molecular weight is 296 g/mol. The standard InChI is InChI=1S/C19H24N2O/c1-13(2)11-16-5-7-17(8-6-16)15(4)19(22)21-18-12-14(3)9-10-20-18/h5-10,12-13,15H,11H2,1-4H3,(H,20,21,22)/t15-/m1/s1. The Morgan fingerprint density at radius 1 is 1.14 bits per heavy atom. The van der Waals surface area contributed by atoms with Crippen LogP contribution in [0, 0.1) is 12.8 Å². The highest BCUT2D eigenvalue weighted by Crippen LogP contribution is 2.19. The van der Waals surface area contributed by atoms with Gasteiger partial charge in [-0.25, -0.2) is 4.98 Å². The van der Waals surface area contributed by atoms with Gasteiger partial charge in [-0.15, -0.1) is 0 Å². The Labute approximate surface area is 132 Å². The number of amides is 1. The number of pyridine rings is 1. The molecule has 22 heavy (non-hydrogen) atoms. The van der Waals surface area contributed by atoms with E-state index in [1.807, 2.05) is 38.1 Å². The van der Waals surface area contributed by atoms with E-state index in [-0.39, 0.29) is 11.8 Å². The summed E-state index contributed by atoms with van der Waals surface area (Å²) < 4.78 is 0. The topological polar surface area (TPSA) is 42.0 Å². The Kier molecular flexibility index (Phi) is 5.31. The SMILES string of the molecule is Cc1ccnc(NC(=O)[C@H](C)c2ccc(CC(C)C)cc2)c1. The van der Waals surface area contributed by atoms with Crippen LogP contribution in [0.15, 0.2) is 42.6 Å². The Morgan fingerprint density at radius 3 is 2.41 bits per heavy atom. The molecule has 1 heterocycles. The number of hydrogen-bond donors (Lipinski definition) is 1. The van der Waals surface area contributed by atoms with Gasteiger partial charge in [0.2, 0.25) is 5.91 Å². The van der Waals surface area contributed by atoms with Crippen molar-refractivity contribution < 1.29 is 4.79 Å². The molecule has 0 bridgehead atoms. The van der Waals surface area contributed by atoms with Crippen LogP contribution in [0.4, 0.5) is 5.82 Å². The van der Waals surface area contributed by atoms with Crippen molar-refractivity contribution in [2.24, 2.45) is 5.92 Å². The molecule has 1 atom stereocenters. The molecule has 2 aromatic rings. The lowest BCUT2D eigenvalue weighted by molar-refractivity contribution is -0.117. The van der Waals surface area contributed by atoms with E-state index in [1.165, 1.54) is 5.56 Å². The van der Waals surface area contributed by atoms with E-state index in [1.54, 1.807) is 6.20 Å². The summed E-state index contributed by atoms with van der Waals surface area (Å²) in [5.74, 6) is 1.01. The van der Waals surface area contributed by atoms with Crippen LogP contribution in [0.1, 0.15) is 43.4 Å². The summed E-state index contributed by atoms with van der Waals surface area (Å²) in [6.45, 7) is 8.31. The molecule has 0 radical (unpaired) electrons. The molecular formula is C19H24N2O. The maximum Gasteiger partial charge on any atom is 0.232 e. The van der Waals surface area contributed by atoms with Crippen LogP contribution in [-0.2, 0) is 11.2 Å². The summed E-state index contributed by atoms with van der Waals surface area (Å²) in [7, 11) is 0. The molecule has 0 aliphatic carbocycles. The minimum atomic E-state index is -0.199. The lowest BCUT2D eigenvalue weighted by Gasteiger charge is -2.13. The monoisotopic (exact) mass is 296 g/mol. The van der Waals surface area contributed by atoms with Crippen LogP contribution in [0.3, 0.4) is 0 Å². The van der Waals surface area contributed by atoms with E-state index in [2.05, 4.69) is 36.3 Å². The third-order valence-corrected chi connectivity index (χ3v) is 3.68. The van der Waals surface area contributed by atoms with Crippen molar-refractivity contribution >= 4 is 11.7 Å². The number of nitrogens with zero attached hydrogens (tertiary/aromatic N) is 1. The van der Waals surface area contributed by atoms with Crippen molar-refractivity contribution in [1.82, 2.24) is 4.98 Å². The van der Waals surface area contributed by atoms with Gasteiger partial charge >= 0.3 is 0 Å². The van der Waals surface area contributed by atoms with Crippen LogP contribution in [-0.4, -0.2) is 10.9 Å². The van der Waals surface area contributed by atoms with Gasteiger partial charge in [0, 0.05) is 6.20 Å². The van der Waals surface area contributed by atoms with Crippen LogP contribution >= 0.6 is 0 Å². The highest BCUT2D eigenvalue weighted by atomic mass is 16.1. The molecule has 0 aliphatic heterocycles. The summed E-state index contributed by atoms with van der Waals surface area (Å²) in [6, 6.07) is 12.1. The summed E-state index contributed by atoms with van der Waals surface area (Å²) in [5, 5.41) is 2.88. The van der Waals surface area contributed by atoms with Gasteiger partial charge in [0.15, 0.2) is 0 Å². The third-order valence-electron chi connectivity index (χ3n) is 3.68. The minimum absolute atomic E-state index is 0.0327. The Hall–Kier alpha value is -2.16. The zero-order chi connectivity index (χ0) is 16.1. The average Bonchev–Trinajstić information content (AvgIpc) is 2.46. The smallest absolute Gasteiger partial charge is 0.232 e. The van der Waals surface area contributed by atoms with Gasteiger partial charge in [0.05, 0.1) is 5.92 Å². The van der Waals surface area contributed by atoms with Crippen molar-refractivity contribution in [3.8, 4) is 0 Å². The molecule has 1 aromatic carbocycles. The van der Waals surface area contributed by atoms with Crippen molar-refractivity contribution in [3.05, 3.63) is 59.3 Å². The summed E-state index contributed by atoms with van der Waals surface area (Å²) >= 11 is 0. The Morgan fingerprint density at radius 2 is 1.82 bits per heavy atom. The van der Waals surface area contributed by atoms with Gasteiger partial charge in [-0.1, -0.05) is 38.1 Å². The maximum atomic E-state index is 12.3. The van der Waals surface area contributed by atoms with Crippen LogP contribution in [0.2, 0.25) is 0 Å². The fourth-order valence-electron chi connectivity index (χ4n) is 2.40. The zero-order valence-corrected chi connectivity index (χ0v) is 13.8. The Balaban J connectivity index is 2.03. The molecule has 1 amide bonds. The second kappa shape index (κ2) is 7.21. The fourth-order valence-corrected chi connectivity index (χ4v) is 2.40. The second-order valence-electron chi connectivity index (χ2n) is 6.27. The number of anilines is 1. The maximum absolute atomic E-state index is 12.3. The number of benzene rings is 1. The highest BCUT2D eigenvalue weighted by Gasteiger charge is 2.15. The van der Waals surface area contributed by atoms with Gasteiger partial charge in [0.1, 0.15) is 5.82 Å². The molecule has 0 unspecified atom stereocenters. The van der Waals surface area contributed by atoms with Gasteiger partial charge in [-0.3, -0.25) is 4.79 Å². The first-order valence-corrected chi connectivity index (χ1v) is 7.78. The molecule has 3 nitrogen and oxygen atoms in total. The quantitative estimate of drug-likeness (QED) is 0.892. The zero-order valence-electron chi connectivity index (χ0n) is 13.8. The first-order valence-electron chi connectivity index (χ1n) is 7.78. The number of aromatic nitrogens is 1. The Bertz CT molecular complexity index is 632. The lowest BCUT2D eigenvalue weighted by atomic mass is 9.96. The number of rotatable bonds is 5. The van der Waals surface area contributed by atoms with Gasteiger partial charge < -0.3 is 5.32 Å². The second-order valence-corrected chi connectivity index (χ2v) is 6.27.